The van der Waals surface area contributed by atoms with Gasteiger partial charge in [0, 0.05) is 5.71 Å². The van der Waals surface area contributed by atoms with Gasteiger partial charge in [0.2, 0.25) is 0 Å². The van der Waals surface area contributed by atoms with Crippen LogP contribution in [0.2, 0.25) is 0 Å². The van der Waals surface area contributed by atoms with Gasteiger partial charge in [-0.1, -0.05) is 47.6 Å². The van der Waals surface area contributed by atoms with Crippen molar-refractivity contribution in [2.75, 3.05) is 6.61 Å². The first kappa shape index (κ1) is 15.4. The first-order valence-corrected chi connectivity index (χ1v) is 8.18. The fourth-order valence-corrected chi connectivity index (χ4v) is 3.39. The van der Waals surface area contributed by atoms with Gasteiger partial charge in [0.05, 0.1) is 6.61 Å². The summed E-state index contributed by atoms with van der Waals surface area (Å²) in [5.74, 6) is -0.486. The van der Waals surface area contributed by atoms with E-state index in [0.717, 1.165) is 16.3 Å². The quantitative estimate of drug-likeness (QED) is 0.687. The zero-order valence-corrected chi connectivity index (χ0v) is 14.0. The molecule has 0 fully saturated rings. The number of nitrogens with zero attached hydrogens (tertiary/aromatic N) is 5. The average Bonchev–Trinajstić information content (AvgIpc) is 3.08. The van der Waals surface area contributed by atoms with E-state index < -0.39 is 12.0 Å². The number of benzene rings is 2. The molecule has 0 saturated carbocycles. The second-order valence-corrected chi connectivity index (χ2v) is 5.92. The highest BCUT2D eigenvalue weighted by Crippen LogP contribution is 2.38. The molecule has 126 valence electrons. The van der Waals surface area contributed by atoms with Crippen LogP contribution >= 0.6 is 0 Å². The van der Waals surface area contributed by atoms with Crippen LogP contribution < -0.4 is 0 Å². The number of carbonyl (C=O) groups is 1. The molecule has 1 aliphatic rings. The molecule has 0 spiro atoms. The van der Waals surface area contributed by atoms with Gasteiger partial charge in [0.1, 0.15) is 12.0 Å². The summed E-state index contributed by atoms with van der Waals surface area (Å²) >= 11 is 0. The van der Waals surface area contributed by atoms with Gasteiger partial charge in [0.15, 0.2) is 0 Å². The summed E-state index contributed by atoms with van der Waals surface area (Å²) in [5.41, 5.74) is 1.62. The molecule has 25 heavy (non-hydrogen) atoms. The minimum atomic E-state index is -0.568. The maximum atomic E-state index is 12.7. The Morgan fingerprint density at radius 3 is 2.84 bits per heavy atom. The SMILES string of the molecule is CCOC(=O)C1C(C)=Nc2nnnn2C1c1cccc2ccccc12. The Balaban J connectivity index is 1.95. The molecule has 1 aliphatic heterocycles. The molecule has 2 atom stereocenters. The predicted molar refractivity (Wildman–Crippen MR) is 92.8 cm³/mol. The molecule has 0 aliphatic carbocycles. The number of esters is 1. The van der Waals surface area contributed by atoms with Gasteiger partial charge in [0.25, 0.3) is 5.95 Å². The number of carbonyl (C=O) groups excluding carboxylic acids is 1. The van der Waals surface area contributed by atoms with E-state index in [-0.39, 0.29) is 5.97 Å². The van der Waals surface area contributed by atoms with Gasteiger partial charge in [-0.25, -0.2) is 9.67 Å². The van der Waals surface area contributed by atoms with Crippen molar-refractivity contribution in [1.29, 1.82) is 0 Å². The lowest BCUT2D eigenvalue weighted by molar-refractivity contribution is -0.146. The van der Waals surface area contributed by atoms with E-state index >= 15 is 0 Å². The molecule has 3 aromatic rings. The fourth-order valence-electron chi connectivity index (χ4n) is 3.39. The molecular weight excluding hydrogens is 318 g/mol. The van der Waals surface area contributed by atoms with Crippen LogP contribution in [0.25, 0.3) is 10.8 Å². The molecule has 4 rings (SSSR count). The van der Waals surface area contributed by atoms with E-state index in [0.29, 0.717) is 18.3 Å². The van der Waals surface area contributed by atoms with Crippen molar-refractivity contribution in [2.45, 2.75) is 19.9 Å². The van der Waals surface area contributed by atoms with Crippen LogP contribution in [0.5, 0.6) is 0 Å². The van der Waals surface area contributed by atoms with Crippen molar-refractivity contribution in [3.05, 3.63) is 48.0 Å². The minimum Gasteiger partial charge on any atom is -0.465 e. The third-order valence-corrected chi connectivity index (χ3v) is 4.46. The number of aromatic nitrogens is 4. The van der Waals surface area contributed by atoms with Crippen molar-refractivity contribution in [3.8, 4) is 0 Å². The third-order valence-electron chi connectivity index (χ3n) is 4.46. The molecular formula is C18H17N5O2. The van der Waals surface area contributed by atoms with Crippen molar-refractivity contribution < 1.29 is 9.53 Å². The third kappa shape index (κ3) is 2.48. The van der Waals surface area contributed by atoms with E-state index in [1.165, 1.54) is 0 Å². The predicted octanol–water partition coefficient (Wildman–Crippen LogP) is 2.70. The summed E-state index contributed by atoms with van der Waals surface area (Å²) < 4.78 is 6.91. The van der Waals surface area contributed by atoms with Gasteiger partial charge in [-0.15, -0.1) is 0 Å². The van der Waals surface area contributed by atoms with E-state index in [2.05, 4.69) is 20.5 Å². The van der Waals surface area contributed by atoms with Crippen LogP contribution in [0, 0.1) is 5.92 Å². The van der Waals surface area contributed by atoms with E-state index in [1.807, 2.05) is 49.4 Å². The highest BCUT2D eigenvalue weighted by atomic mass is 16.5. The molecule has 2 aromatic carbocycles. The normalized spacial score (nSPS) is 19.4. The molecule has 7 heteroatoms. The Bertz CT molecular complexity index is 973. The molecule has 0 amide bonds. The zero-order chi connectivity index (χ0) is 17.4. The largest absolute Gasteiger partial charge is 0.465 e. The van der Waals surface area contributed by atoms with Crippen LogP contribution in [-0.2, 0) is 9.53 Å². The first-order valence-electron chi connectivity index (χ1n) is 8.18. The number of tetrazole rings is 1. The Labute approximate surface area is 144 Å². The summed E-state index contributed by atoms with van der Waals surface area (Å²) in [7, 11) is 0. The highest BCUT2D eigenvalue weighted by molar-refractivity contribution is 6.04. The van der Waals surface area contributed by atoms with Crippen molar-refractivity contribution >= 4 is 28.4 Å². The molecule has 0 bridgehead atoms. The molecule has 2 unspecified atom stereocenters. The molecule has 0 N–H and O–H groups in total. The van der Waals surface area contributed by atoms with E-state index in [4.69, 9.17) is 4.74 Å². The maximum Gasteiger partial charge on any atom is 0.317 e. The Morgan fingerprint density at radius 2 is 2.00 bits per heavy atom. The summed E-state index contributed by atoms with van der Waals surface area (Å²) in [6.07, 6.45) is 0. The van der Waals surface area contributed by atoms with Gasteiger partial charge >= 0.3 is 5.97 Å². The average molecular weight is 335 g/mol. The molecule has 2 heterocycles. The summed E-state index contributed by atoms with van der Waals surface area (Å²) in [5, 5.41) is 13.9. The monoisotopic (exact) mass is 335 g/mol. The second-order valence-electron chi connectivity index (χ2n) is 5.92. The Kier molecular flexibility index (Phi) is 3.76. The standard InChI is InChI=1S/C18H17N5O2/c1-3-25-17(24)15-11(2)19-18-20-21-22-23(18)16(15)14-10-6-8-12-7-4-5-9-13(12)14/h4-10,15-16H,3H2,1-2H3. The van der Waals surface area contributed by atoms with Crippen LogP contribution in [-0.4, -0.2) is 38.5 Å². The maximum absolute atomic E-state index is 12.7. The van der Waals surface area contributed by atoms with Gasteiger partial charge in [-0.2, -0.15) is 0 Å². The molecule has 0 saturated heterocycles. The van der Waals surface area contributed by atoms with Gasteiger partial charge in [-0.05, 0) is 40.6 Å². The Morgan fingerprint density at radius 1 is 1.20 bits per heavy atom. The van der Waals surface area contributed by atoms with Crippen LogP contribution in [0.15, 0.2) is 47.5 Å². The smallest absolute Gasteiger partial charge is 0.317 e. The lowest BCUT2D eigenvalue weighted by atomic mass is 9.86. The molecule has 7 nitrogen and oxygen atoms in total. The number of hydrogen-bond acceptors (Lipinski definition) is 6. The minimum absolute atomic E-state index is 0.313. The molecule has 0 radical (unpaired) electrons. The number of rotatable bonds is 3. The topological polar surface area (TPSA) is 82.3 Å². The fraction of sp³-hybridized carbons (Fsp3) is 0.278. The first-order chi connectivity index (χ1) is 12.2. The van der Waals surface area contributed by atoms with Crippen molar-refractivity contribution in [1.82, 2.24) is 20.2 Å². The van der Waals surface area contributed by atoms with E-state index in [1.54, 1.807) is 11.6 Å². The number of ether oxygens (including phenoxy) is 1. The summed E-state index contributed by atoms with van der Waals surface area (Å²) in [4.78, 5) is 17.1. The summed E-state index contributed by atoms with van der Waals surface area (Å²) in [6.45, 7) is 3.92. The number of aliphatic imine (C=N–C) groups is 1. The van der Waals surface area contributed by atoms with Crippen molar-refractivity contribution in [3.63, 3.8) is 0 Å². The lowest BCUT2D eigenvalue weighted by Gasteiger charge is -2.29. The highest BCUT2D eigenvalue weighted by Gasteiger charge is 2.40. The second kappa shape index (κ2) is 6.08. The van der Waals surface area contributed by atoms with Crippen molar-refractivity contribution in [2.24, 2.45) is 10.9 Å². The zero-order valence-electron chi connectivity index (χ0n) is 14.0. The lowest BCUT2D eigenvalue weighted by Crippen LogP contribution is -2.37. The Hall–Kier alpha value is -3.09. The van der Waals surface area contributed by atoms with Crippen LogP contribution in [0.3, 0.4) is 0 Å². The summed E-state index contributed by atoms with van der Waals surface area (Å²) in [6, 6.07) is 13.7. The number of hydrogen-bond donors (Lipinski definition) is 0. The van der Waals surface area contributed by atoms with Crippen LogP contribution in [0.4, 0.5) is 5.95 Å². The van der Waals surface area contributed by atoms with Crippen LogP contribution in [0.1, 0.15) is 25.5 Å². The van der Waals surface area contributed by atoms with E-state index in [9.17, 15) is 4.79 Å². The van der Waals surface area contributed by atoms with Gasteiger partial charge < -0.3 is 4.74 Å². The molecule has 1 aromatic heterocycles. The number of fused-ring (bicyclic) bond motifs is 2. The van der Waals surface area contributed by atoms with Gasteiger partial charge in [-0.3, -0.25) is 4.79 Å².